The number of esters is 3. The van der Waals surface area contributed by atoms with Gasteiger partial charge < -0.3 is 43.6 Å². The molecule has 14 rings (SSSR count). The normalized spacial score (nSPS) is 18.4. The second-order valence-electron chi connectivity index (χ2n) is 31.0. The third-order valence-corrected chi connectivity index (χ3v) is 22.9. The zero-order valence-electron chi connectivity index (χ0n) is 67.6. The van der Waals surface area contributed by atoms with E-state index in [1.807, 2.05) is 107 Å². The van der Waals surface area contributed by atoms with Crippen molar-refractivity contribution in [2.75, 3.05) is 93.0 Å². The summed E-state index contributed by atoms with van der Waals surface area (Å²) >= 11 is 0. The molecule has 0 aliphatic heterocycles. The molecular formula is C96H106N8O9. The molecule has 3 amide bonds. The summed E-state index contributed by atoms with van der Waals surface area (Å²) in [7, 11) is 16.2. The SMILES string of the molecule is COC(=O)/C=C/c1cccc(N(Cc2ccc(-c3ccc(N(C)C)cc3)cc2)C(=O)[C@@H]2C[C@@H]3CC[C@H]2C3)c1.COC(=O)/C=C/c1cncc(N(Cc2ccc(-c3ccc(N(C)C)cc3)cc2)C(=O)[C@@H]2C[C@@H]3CC[C@H]2C3)c1.[2H]C(c1ccc(-c2ccc(N(C)C)cc2)cc1)N(C(=O)C1CCCCC1)c1cncc(/C=C/C(=O)OC)c1. The van der Waals surface area contributed by atoms with Crippen molar-refractivity contribution in [3.63, 3.8) is 0 Å². The van der Waals surface area contributed by atoms with Crippen LogP contribution in [0.5, 0.6) is 0 Å². The topological polar surface area (TPSA) is 175 Å². The van der Waals surface area contributed by atoms with Crippen LogP contribution in [-0.4, -0.2) is 109 Å². The van der Waals surface area contributed by atoms with Crippen LogP contribution in [0.2, 0.25) is 0 Å². The van der Waals surface area contributed by atoms with Gasteiger partial charge in [-0.05, 0) is 221 Å². The van der Waals surface area contributed by atoms with Gasteiger partial charge in [0.2, 0.25) is 17.7 Å². The molecule has 5 aliphatic rings. The molecule has 17 nitrogen and oxygen atoms in total. The number of amides is 3. The Morgan fingerprint density at radius 1 is 0.372 bits per heavy atom. The lowest BCUT2D eigenvalue weighted by Gasteiger charge is -2.30. The Hall–Kier alpha value is -11.7. The first kappa shape index (κ1) is 79.4. The summed E-state index contributed by atoms with van der Waals surface area (Å²) in [5.74, 6) is 1.46. The lowest BCUT2D eigenvalue weighted by atomic mass is 9.87. The van der Waals surface area contributed by atoms with E-state index in [9.17, 15) is 28.8 Å². The number of carbonyl (C=O) groups excluding carboxylic acids is 6. The van der Waals surface area contributed by atoms with E-state index in [4.69, 9.17) is 10.8 Å². The zero-order chi connectivity index (χ0) is 80.4. The maximum atomic E-state index is 14.0. The summed E-state index contributed by atoms with van der Waals surface area (Å²) in [4.78, 5) is 96.8. The van der Waals surface area contributed by atoms with Crippen LogP contribution in [0.25, 0.3) is 51.6 Å². The van der Waals surface area contributed by atoms with Gasteiger partial charge in [0.05, 0.1) is 66.1 Å². The van der Waals surface area contributed by atoms with Crippen LogP contribution in [0.15, 0.2) is 225 Å². The molecule has 0 radical (unpaired) electrons. The average Bonchev–Trinajstić information content (AvgIpc) is 1.57. The lowest BCUT2D eigenvalue weighted by molar-refractivity contribution is -0.135. The minimum atomic E-state index is -0.934. The Balaban J connectivity index is 0.000000158. The Morgan fingerprint density at radius 3 is 1.09 bits per heavy atom. The minimum Gasteiger partial charge on any atom is -0.466 e. The van der Waals surface area contributed by atoms with Crippen LogP contribution < -0.4 is 29.4 Å². The third-order valence-electron chi connectivity index (χ3n) is 22.9. The Kier molecular flexibility index (Phi) is 27.0. The number of fused-ring (bicyclic) bond motifs is 4. The highest BCUT2D eigenvalue weighted by molar-refractivity contribution is 5.98. The summed E-state index contributed by atoms with van der Waals surface area (Å²) in [5, 5.41) is 0. The Morgan fingerprint density at radius 2 is 0.726 bits per heavy atom. The number of carbonyl (C=O) groups is 6. The predicted octanol–water partition coefficient (Wildman–Crippen LogP) is 18.7. The molecule has 17 heteroatoms. The maximum absolute atomic E-state index is 14.0. The van der Waals surface area contributed by atoms with Crippen LogP contribution in [0.1, 0.15) is 118 Å². The van der Waals surface area contributed by atoms with E-state index in [-0.39, 0.29) is 35.5 Å². The fraction of sp³-hybridized carbons (Fsp3) is 0.333. The molecule has 2 heterocycles. The summed E-state index contributed by atoms with van der Waals surface area (Å²) in [6, 6.07) is 61.7. The number of nitrogens with zero attached hydrogens (tertiary/aromatic N) is 8. The molecule has 4 bridgehead atoms. The molecule has 5 fully saturated rings. The van der Waals surface area contributed by atoms with Crippen LogP contribution in [0.3, 0.4) is 0 Å². The molecular weight excluding hydrogens is 1410 g/mol. The van der Waals surface area contributed by atoms with Crippen molar-refractivity contribution in [2.45, 2.75) is 103 Å². The van der Waals surface area contributed by atoms with Crippen LogP contribution in [-0.2, 0) is 62.6 Å². The molecule has 5 aliphatic carbocycles. The maximum Gasteiger partial charge on any atom is 0.330 e. The van der Waals surface area contributed by atoms with Crippen molar-refractivity contribution in [2.24, 2.45) is 41.4 Å². The fourth-order valence-electron chi connectivity index (χ4n) is 16.5. The van der Waals surface area contributed by atoms with Gasteiger partial charge in [-0.2, -0.15) is 0 Å². The van der Waals surface area contributed by atoms with Gasteiger partial charge in [-0.25, -0.2) is 14.4 Å². The lowest BCUT2D eigenvalue weighted by Crippen LogP contribution is -2.38. The molecule has 584 valence electrons. The van der Waals surface area contributed by atoms with E-state index in [1.165, 1.54) is 76.5 Å². The van der Waals surface area contributed by atoms with E-state index in [0.29, 0.717) is 48.0 Å². The standard InChI is InChI=1S/C33H36N2O3.C32H35N3O3.C31H35N3O3/c1-34(2)29-16-14-27(15-17-29)26-11-7-24(8-12-26)22-35(33(37)31-21-25-9-13-28(31)19-25)30-6-4-5-23(20-30)10-18-32(36)38-3;1-34(2)28-13-11-26(12-14-28)25-8-4-22(5-9-25)21-35(32(37)30-18-23-6-10-27(30)16-23)29-17-24(19-33-20-29)7-15-31(36)38-3;1-33(2)28-16-14-26(15-17-28)25-12-9-23(10-13-25)22-34(31(36)27-7-5-4-6-8-27)29-19-24(20-32-21-29)11-18-30(35)37-3/h4-8,10-12,14-18,20,25,28,31H,9,13,19,21-22H2,1-3H3;4-5,7-9,11-15,17,19-20,23,27,30H,6,10,16,18,21H2,1-3H3;9-21,27H,4-8,22H2,1-3H3/b18-10+;15-7+;18-11+/t25-,28+,31-;23-,27+,30-;/m11./s1/i;;22D. The third kappa shape index (κ3) is 21.3. The number of benzene rings is 7. The largest absolute Gasteiger partial charge is 0.466 e. The molecule has 9 aromatic rings. The first-order valence-electron chi connectivity index (χ1n) is 40.0. The number of aromatic nitrogens is 2. The number of pyridine rings is 2. The summed E-state index contributed by atoms with van der Waals surface area (Å²) in [6.07, 6.45) is 29.7. The van der Waals surface area contributed by atoms with Crippen molar-refractivity contribution in [1.29, 1.82) is 0 Å². The van der Waals surface area contributed by atoms with Gasteiger partial charge in [0.25, 0.3) is 0 Å². The van der Waals surface area contributed by atoms with Gasteiger partial charge in [0, 0.05) is 113 Å². The van der Waals surface area contributed by atoms with Crippen LogP contribution in [0, 0.1) is 41.4 Å². The van der Waals surface area contributed by atoms with Gasteiger partial charge in [0.1, 0.15) is 0 Å². The van der Waals surface area contributed by atoms with E-state index >= 15 is 0 Å². The molecule has 0 saturated heterocycles. The van der Waals surface area contributed by atoms with Crippen molar-refractivity contribution in [3.8, 4) is 33.4 Å². The highest BCUT2D eigenvalue weighted by atomic mass is 16.5. The predicted molar refractivity (Wildman–Crippen MR) is 455 cm³/mol. The van der Waals surface area contributed by atoms with Gasteiger partial charge in [-0.3, -0.25) is 24.4 Å². The number of rotatable bonds is 24. The van der Waals surface area contributed by atoms with E-state index in [2.05, 4.69) is 151 Å². The smallest absolute Gasteiger partial charge is 0.330 e. The van der Waals surface area contributed by atoms with Crippen LogP contribution >= 0.6 is 0 Å². The average molecular weight is 1520 g/mol. The van der Waals surface area contributed by atoms with E-state index in [1.54, 1.807) is 54.0 Å². The zero-order valence-corrected chi connectivity index (χ0v) is 66.6. The quantitative estimate of drug-likeness (QED) is 0.0317. The number of methoxy groups -OCH3 is 3. The van der Waals surface area contributed by atoms with Crippen molar-refractivity contribution < 1.29 is 44.3 Å². The molecule has 1 unspecified atom stereocenters. The molecule has 2 aromatic heterocycles. The monoisotopic (exact) mass is 1520 g/mol. The van der Waals surface area contributed by atoms with Crippen LogP contribution in [0.4, 0.5) is 34.1 Å². The summed E-state index contributed by atoms with van der Waals surface area (Å²) < 4.78 is 23.3. The highest BCUT2D eigenvalue weighted by Gasteiger charge is 2.46. The summed E-state index contributed by atoms with van der Waals surface area (Å²) in [6.45, 7) is 0.0473. The number of hydrogen-bond donors (Lipinski definition) is 0. The minimum absolute atomic E-state index is 0.0519. The molecule has 5 saturated carbocycles. The fourth-order valence-corrected chi connectivity index (χ4v) is 16.5. The number of anilines is 6. The molecule has 0 spiro atoms. The molecule has 113 heavy (non-hydrogen) atoms. The van der Waals surface area contributed by atoms with Gasteiger partial charge in [0.15, 0.2) is 0 Å². The second-order valence-corrected chi connectivity index (χ2v) is 31.0. The highest BCUT2D eigenvalue weighted by Crippen LogP contribution is 2.51. The van der Waals surface area contributed by atoms with Gasteiger partial charge >= 0.3 is 17.9 Å². The van der Waals surface area contributed by atoms with Gasteiger partial charge in [-0.1, -0.05) is 153 Å². The Labute approximate surface area is 668 Å². The summed E-state index contributed by atoms with van der Waals surface area (Å²) in [5.41, 5.74) is 17.5. The van der Waals surface area contributed by atoms with Gasteiger partial charge in [-0.15, -0.1) is 0 Å². The first-order valence-corrected chi connectivity index (χ1v) is 39.5. The number of ether oxygens (including phenoxy) is 3. The van der Waals surface area contributed by atoms with Crippen molar-refractivity contribution in [3.05, 3.63) is 258 Å². The van der Waals surface area contributed by atoms with E-state index in [0.717, 1.165) is 136 Å². The second kappa shape index (κ2) is 38.5. The van der Waals surface area contributed by atoms with Crippen molar-refractivity contribution in [1.82, 2.24) is 9.97 Å². The molecule has 7 atom stereocenters. The molecule has 7 aromatic carbocycles. The van der Waals surface area contributed by atoms with E-state index < -0.39 is 24.4 Å². The van der Waals surface area contributed by atoms with Crippen molar-refractivity contribution >= 4 is 88.0 Å². The molecule has 0 N–H and O–H groups in total. The Bertz CT molecular complexity index is 4660. The number of hydrogen-bond acceptors (Lipinski definition) is 14. The first-order chi connectivity index (χ1) is 55.2.